The van der Waals surface area contributed by atoms with Gasteiger partial charge in [0.05, 0.1) is 18.8 Å². The number of hydrogen-bond donors (Lipinski definition) is 0. The van der Waals surface area contributed by atoms with Crippen molar-refractivity contribution in [2.45, 2.75) is 32.6 Å². The van der Waals surface area contributed by atoms with E-state index in [0.29, 0.717) is 19.6 Å². The van der Waals surface area contributed by atoms with Gasteiger partial charge in [0.25, 0.3) is 0 Å². The van der Waals surface area contributed by atoms with E-state index in [1.54, 1.807) is 0 Å². The summed E-state index contributed by atoms with van der Waals surface area (Å²) in [6, 6.07) is 4.13. The van der Waals surface area contributed by atoms with Crippen LogP contribution in [0.1, 0.15) is 19.4 Å². The lowest BCUT2D eigenvalue weighted by molar-refractivity contribution is -0.144. The van der Waals surface area contributed by atoms with Crippen molar-refractivity contribution < 1.29 is 9.53 Å². The van der Waals surface area contributed by atoms with Crippen molar-refractivity contribution in [2.75, 3.05) is 45.8 Å². The minimum Gasteiger partial charge on any atom is -0.372 e. The first-order chi connectivity index (χ1) is 11.6. The molecule has 24 heavy (non-hydrogen) atoms. The van der Waals surface area contributed by atoms with Gasteiger partial charge in [-0.15, -0.1) is 0 Å². The molecule has 2 aliphatic heterocycles. The summed E-state index contributed by atoms with van der Waals surface area (Å²) < 4.78 is 5.71. The van der Waals surface area contributed by atoms with E-state index >= 15 is 0 Å². The van der Waals surface area contributed by atoms with Crippen LogP contribution in [0.2, 0.25) is 0 Å². The molecule has 0 aliphatic carbocycles. The summed E-state index contributed by atoms with van der Waals surface area (Å²) in [5.41, 5.74) is 1.30. The second-order valence-electron chi connectivity index (χ2n) is 6.96. The summed E-state index contributed by atoms with van der Waals surface area (Å²) in [6.45, 7) is 10.9. The van der Waals surface area contributed by atoms with Crippen LogP contribution in [0.4, 0.5) is 0 Å². The highest BCUT2D eigenvalue weighted by molar-refractivity contribution is 5.78. The molecule has 0 unspecified atom stereocenters. The van der Waals surface area contributed by atoms with Gasteiger partial charge in [0.2, 0.25) is 5.91 Å². The van der Waals surface area contributed by atoms with Gasteiger partial charge in [-0.2, -0.15) is 0 Å². The minimum absolute atomic E-state index is 0.134. The summed E-state index contributed by atoms with van der Waals surface area (Å²) in [6.07, 6.45) is 3.95. The molecule has 1 amide bonds. The highest BCUT2D eigenvalue weighted by atomic mass is 16.5. The van der Waals surface area contributed by atoms with E-state index in [2.05, 4.69) is 26.9 Å². The van der Waals surface area contributed by atoms with Gasteiger partial charge < -0.3 is 9.64 Å². The van der Waals surface area contributed by atoms with Gasteiger partial charge in [0.1, 0.15) is 0 Å². The van der Waals surface area contributed by atoms with Crippen molar-refractivity contribution in [1.29, 1.82) is 0 Å². The van der Waals surface area contributed by atoms with Crippen LogP contribution in [0.25, 0.3) is 0 Å². The number of carbonyl (C=O) groups excluding carboxylic acids is 1. The third kappa shape index (κ3) is 4.75. The fourth-order valence-corrected chi connectivity index (χ4v) is 3.52. The number of nitrogens with zero attached hydrogens (tertiary/aromatic N) is 4. The van der Waals surface area contributed by atoms with Crippen LogP contribution in [0, 0.1) is 0 Å². The average molecular weight is 332 g/mol. The second-order valence-corrected chi connectivity index (χ2v) is 6.96. The normalized spacial score (nSPS) is 26.5. The van der Waals surface area contributed by atoms with Crippen LogP contribution in [0.5, 0.6) is 0 Å². The Morgan fingerprint density at radius 1 is 1.08 bits per heavy atom. The zero-order chi connectivity index (χ0) is 16.9. The molecule has 2 saturated heterocycles. The third-order valence-electron chi connectivity index (χ3n) is 4.75. The molecule has 3 rings (SSSR count). The zero-order valence-electron chi connectivity index (χ0n) is 14.7. The largest absolute Gasteiger partial charge is 0.372 e. The Hall–Kier alpha value is -1.50. The fourth-order valence-electron chi connectivity index (χ4n) is 3.52. The van der Waals surface area contributed by atoms with Crippen molar-refractivity contribution >= 4 is 5.91 Å². The maximum absolute atomic E-state index is 12.5. The van der Waals surface area contributed by atoms with Gasteiger partial charge in [0, 0.05) is 58.2 Å². The monoisotopic (exact) mass is 332 g/mol. The lowest BCUT2D eigenvalue weighted by atomic mass is 10.2. The first kappa shape index (κ1) is 17.3. The molecule has 0 radical (unpaired) electrons. The van der Waals surface area contributed by atoms with Crippen LogP contribution in [0.15, 0.2) is 24.5 Å². The molecule has 3 heterocycles. The van der Waals surface area contributed by atoms with Crippen LogP contribution in [0.3, 0.4) is 0 Å². The maximum Gasteiger partial charge on any atom is 0.236 e. The van der Waals surface area contributed by atoms with Crippen LogP contribution >= 0.6 is 0 Å². The third-order valence-corrected chi connectivity index (χ3v) is 4.75. The molecule has 0 bridgehead atoms. The molecule has 0 saturated carbocycles. The SMILES string of the molecule is C[C@@H]1CN(C(=O)CN2CCN(Cc3ccncc3)CC2)C[C@H](C)O1. The van der Waals surface area contributed by atoms with Gasteiger partial charge >= 0.3 is 0 Å². The summed E-state index contributed by atoms with van der Waals surface area (Å²) in [5.74, 6) is 0.236. The molecule has 0 N–H and O–H groups in total. The predicted octanol–water partition coefficient (Wildman–Crippen LogP) is 0.835. The van der Waals surface area contributed by atoms with E-state index in [0.717, 1.165) is 32.7 Å². The maximum atomic E-state index is 12.5. The number of rotatable bonds is 4. The van der Waals surface area contributed by atoms with E-state index < -0.39 is 0 Å². The van der Waals surface area contributed by atoms with Gasteiger partial charge in [-0.05, 0) is 31.5 Å². The lowest BCUT2D eigenvalue weighted by Gasteiger charge is -2.38. The lowest BCUT2D eigenvalue weighted by Crippen LogP contribution is -2.53. The van der Waals surface area contributed by atoms with E-state index in [-0.39, 0.29) is 18.1 Å². The fraction of sp³-hybridized carbons (Fsp3) is 0.667. The van der Waals surface area contributed by atoms with Gasteiger partial charge in [-0.25, -0.2) is 0 Å². The van der Waals surface area contributed by atoms with Crippen molar-refractivity contribution in [1.82, 2.24) is 19.7 Å². The number of pyridine rings is 1. The number of ether oxygens (including phenoxy) is 1. The topological polar surface area (TPSA) is 48.9 Å². The van der Waals surface area contributed by atoms with E-state index in [1.807, 2.05) is 31.1 Å². The van der Waals surface area contributed by atoms with E-state index in [9.17, 15) is 4.79 Å². The number of morpholine rings is 1. The average Bonchev–Trinajstić information content (AvgIpc) is 2.57. The molecule has 132 valence electrons. The molecule has 1 aromatic heterocycles. The molecule has 6 nitrogen and oxygen atoms in total. The summed E-state index contributed by atoms with van der Waals surface area (Å²) in [7, 11) is 0. The van der Waals surface area contributed by atoms with Crippen LogP contribution in [-0.2, 0) is 16.1 Å². The summed E-state index contributed by atoms with van der Waals surface area (Å²) in [5, 5.41) is 0. The molecule has 1 aromatic rings. The van der Waals surface area contributed by atoms with Crippen molar-refractivity contribution in [3.63, 3.8) is 0 Å². The van der Waals surface area contributed by atoms with E-state index in [1.165, 1.54) is 5.56 Å². The smallest absolute Gasteiger partial charge is 0.236 e. The van der Waals surface area contributed by atoms with Crippen LogP contribution < -0.4 is 0 Å². The quantitative estimate of drug-likeness (QED) is 0.818. The van der Waals surface area contributed by atoms with Crippen LogP contribution in [-0.4, -0.2) is 83.6 Å². The van der Waals surface area contributed by atoms with Gasteiger partial charge in [-0.3, -0.25) is 19.6 Å². The van der Waals surface area contributed by atoms with Gasteiger partial charge in [0.15, 0.2) is 0 Å². The Labute approximate surface area is 144 Å². The minimum atomic E-state index is 0.134. The van der Waals surface area contributed by atoms with E-state index in [4.69, 9.17) is 4.74 Å². The Bertz CT molecular complexity index is 521. The molecular weight excluding hydrogens is 304 g/mol. The highest BCUT2D eigenvalue weighted by Gasteiger charge is 2.27. The molecule has 2 fully saturated rings. The first-order valence-electron chi connectivity index (χ1n) is 8.87. The van der Waals surface area contributed by atoms with Crippen molar-refractivity contribution in [2.24, 2.45) is 0 Å². The predicted molar refractivity (Wildman–Crippen MR) is 92.5 cm³/mol. The Kier molecular flexibility index (Phi) is 5.81. The number of hydrogen-bond acceptors (Lipinski definition) is 5. The second kappa shape index (κ2) is 8.05. The summed E-state index contributed by atoms with van der Waals surface area (Å²) >= 11 is 0. The molecule has 0 spiro atoms. The molecule has 0 aromatic carbocycles. The molecule has 2 atom stereocenters. The number of carbonyl (C=O) groups is 1. The molecular formula is C18H28N4O2. The summed E-state index contributed by atoms with van der Waals surface area (Å²) in [4.78, 5) is 23.3. The number of aromatic nitrogens is 1. The first-order valence-corrected chi connectivity index (χ1v) is 8.87. The van der Waals surface area contributed by atoms with Gasteiger partial charge in [-0.1, -0.05) is 0 Å². The number of piperazine rings is 1. The Morgan fingerprint density at radius 2 is 1.67 bits per heavy atom. The Balaban J connectivity index is 1.42. The standard InChI is InChI=1S/C18H28N4O2/c1-15-11-22(12-16(2)24-15)18(23)14-21-9-7-20(8-10-21)13-17-3-5-19-6-4-17/h3-6,15-16H,7-14H2,1-2H3/t15-,16+. The molecule has 2 aliphatic rings. The number of amides is 1. The van der Waals surface area contributed by atoms with Crippen molar-refractivity contribution in [3.05, 3.63) is 30.1 Å². The highest BCUT2D eigenvalue weighted by Crippen LogP contribution is 2.12. The molecule has 6 heteroatoms. The Morgan fingerprint density at radius 3 is 2.29 bits per heavy atom. The zero-order valence-corrected chi connectivity index (χ0v) is 14.7. The van der Waals surface area contributed by atoms with Crippen molar-refractivity contribution in [3.8, 4) is 0 Å².